The Kier molecular flexibility index (Phi) is 4.95. The summed E-state index contributed by atoms with van der Waals surface area (Å²) in [6.07, 6.45) is 6.69. The smallest absolute Gasteiger partial charge is 0.323 e. The predicted molar refractivity (Wildman–Crippen MR) is 102 cm³/mol. The van der Waals surface area contributed by atoms with E-state index < -0.39 is 23.3 Å². The van der Waals surface area contributed by atoms with E-state index in [2.05, 4.69) is 0 Å². The molecular weight excluding hydrogens is 346 g/mol. The van der Waals surface area contributed by atoms with Crippen LogP contribution in [0.5, 0.6) is 5.75 Å². The van der Waals surface area contributed by atoms with Crippen LogP contribution < -0.4 is 16.2 Å². The van der Waals surface area contributed by atoms with E-state index in [0.717, 1.165) is 31.2 Å². The van der Waals surface area contributed by atoms with E-state index in [-0.39, 0.29) is 5.75 Å². The average molecular weight is 371 g/mol. The number of nitrogens with zero attached hydrogens (tertiary/aromatic N) is 1. The number of hydrogen-bond donors (Lipinski definition) is 2. The molecule has 1 aliphatic carbocycles. The van der Waals surface area contributed by atoms with Gasteiger partial charge in [-0.15, -0.1) is 0 Å². The summed E-state index contributed by atoms with van der Waals surface area (Å²) in [6.45, 7) is 3.16. The first kappa shape index (κ1) is 18.9. The number of fused-ring (bicyclic) bond motifs is 1. The first-order valence-electron chi connectivity index (χ1n) is 9.20. The van der Waals surface area contributed by atoms with E-state index in [9.17, 15) is 14.4 Å². The molecule has 1 heterocycles. The molecule has 144 valence electrons. The number of benzene rings is 1. The topological polar surface area (TPSA) is 117 Å². The van der Waals surface area contributed by atoms with Crippen LogP contribution in [0.15, 0.2) is 18.3 Å². The van der Waals surface area contributed by atoms with Gasteiger partial charge in [0.15, 0.2) is 5.75 Å². The molecule has 0 radical (unpaired) electrons. The molecule has 4 N–H and O–H groups in total. The number of primary amides is 2. The Bertz CT molecular complexity index is 921. The maximum atomic E-state index is 12.6. The summed E-state index contributed by atoms with van der Waals surface area (Å²) in [6, 6.07) is 2.85. The molecule has 0 unspecified atom stereocenters. The normalized spacial score (nSPS) is 16.7. The predicted octanol–water partition coefficient (Wildman–Crippen LogP) is 2.88. The van der Waals surface area contributed by atoms with E-state index in [1.165, 1.54) is 11.5 Å². The molecule has 0 atom stereocenters. The molecule has 1 saturated carbocycles. The van der Waals surface area contributed by atoms with Crippen molar-refractivity contribution in [2.45, 2.75) is 57.8 Å². The lowest BCUT2D eigenvalue weighted by molar-refractivity contribution is -0.131. The summed E-state index contributed by atoms with van der Waals surface area (Å²) in [4.78, 5) is 36.3. The van der Waals surface area contributed by atoms with Crippen molar-refractivity contribution in [2.24, 2.45) is 11.5 Å². The number of amides is 2. The molecule has 0 bridgehead atoms. The molecule has 7 heteroatoms. The third-order valence-electron chi connectivity index (χ3n) is 5.44. The highest BCUT2D eigenvalue weighted by Crippen LogP contribution is 2.44. The van der Waals surface area contributed by atoms with Crippen LogP contribution in [0.2, 0.25) is 0 Å². The summed E-state index contributed by atoms with van der Waals surface area (Å²) in [5.74, 6) is -0.654. The molecule has 1 aliphatic rings. The average Bonchev–Trinajstić information content (AvgIpc) is 2.78. The van der Waals surface area contributed by atoms with Crippen LogP contribution >= 0.6 is 0 Å². The number of hydrogen-bond acceptors (Lipinski definition) is 4. The van der Waals surface area contributed by atoms with Gasteiger partial charge in [0.2, 0.25) is 5.91 Å². The lowest BCUT2D eigenvalue weighted by atomic mass is 9.73. The standard InChI is InChI=1S/C20H25N3O4/c1-12-9-14-15(20(18(21)25)7-5-3-4-6-8-20)11-23(19(22)26)17(14)16(10-12)27-13(2)24/h9-11H,3-8H2,1-2H3,(H2,21,25)(H2,22,26). The highest BCUT2D eigenvalue weighted by molar-refractivity contribution is 6.02. The first-order valence-corrected chi connectivity index (χ1v) is 9.20. The van der Waals surface area contributed by atoms with Crippen LogP contribution in [0.3, 0.4) is 0 Å². The molecule has 0 aliphatic heterocycles. The molecule has 3 rings (SSSR count). The Morgan fingerprint density at radius 3 is 2.22 bits per heavy atom. The van der Waals surface area contributed by atoms with Gasteiger partial charge in [0.05, 0.1) is 5.41 Å². The minimum absolute atomic E-state index is 0.246. The fraction of sp³-hybridized carbons (Fsp3) is 0.450. The van der Waals surface area contributed by atoms with Gasteiger partial charge < -0.3 is 16.2 Å². The third-order valence-corrected chi connectivity index (χ3v) is 5.44. The molecule has 1 aromatic heterocycles. The number of carbonyl (C=O) groups is 3. The Morgan fingerprint density at radius 2 is 1.70 bits per heavy atom. The summed E-state index contributed by atoms with van der Waals surface area (Å²) in [7, 11) is 0. The largest absolute Gasteiger partial charge is 0.424 e. The van der Waals surface area contributed by atoms with Gasteiger partial charge in [-0.1, -0.05) is 25.7 Å². The van der Waals surface area contributed by atoms with Crippen LogP contribution in [-0.2, 0) is 15.0 Å². The minimum Gasteiger partial charge on any atom is -0.424 e. The van der Waals surface area contributed by atoms with E-state index in [4.69, 9.17) is 16.2 Å². The fourth-order valence-corrected chi connectivity index (χ4v) is 4.23. The van der Waals surface area contributed by atoms with E-state index in [1.54, 1.807) is 12.3 Å². The summed E-state index contributed by atoms with van der Waals surface area (Å²) >= 11 is 0. The Morgan fingerprint density at radius 1 is 1.07 bits per heavy atom. The highest BCUT2D eigenvalue weighted by atomic mass is 16.5. The molecule has 0 saturated heterocycles. The van der Waals surface area contributed by atoms with E-state index in [0.29, 0.717) is 29.3 Å². The molecule has 2 aromatic rings. The van der Waals surface area contributed by atoms with Crippen molar-refractivity contribution >= 4 is 28.8 Å². The van der Waals surface area contributed by atoms with Crippen LogP contribution in [0, 0.1) is 6.92 Å². The number of ether oxygens (including phenoxy) is 1. The van der Waals surface area contributed by atoms with Gasteiger partial charge in [-0.2, -0.15) is 0 Å². The van der Waals surface area contributed by atoms with Crippen molar-refractivity contribution in [2.75, 3.05) is 0 Å². The SMILES string of the molecule is CC(=O)Oc1cc(C)cc2c(C3(C(N)=O)CCCCCC3)cn(C(N)=O)c12. The summed E-state index contributed by atoms with van der Waals surface area (Å²) in [5.41, 5.74) is 12.5. The zero-order valence-corrected chi connectivity index (χ0v) is 15.7. The number of aryl methyl sites for hydroxylation is 1. The molecular formula is C20H25N3O4. The zero-order chi connectivity index (χ0) is 19.8. The number of esters is 1. The van der Waals surface area contributed by atoms with Gasteiger partial charge >= 0.3 is 12.0 Å². The Labute approximate surface area is 157 Å². The van der Waals surface area contributed by atoms with Gasteiger partial charge in [-0.3, -0.25) is 14.2 Å². The second-order valence-electron chi connectivity index (χ2n) is 7.36. The molecule has 27 heavy (non-hydrogen) atoms. The summed E-state index contributed by atoms with van der Waals surface area (Å²) < 4.78 is 6.58. The van der Waals surface area contributed by atoms with Gasteiger partial charge in [-0.25, -0.2) is 4.79 Å². The number of rotatable bonds is 3. The second-order valence-corrected chi connectivity index (χ2v) is 7.36. The Hall–Kier alpha value is -2.83. The number of nitrogens with two attached hydrogens (primary N) is 2. The minimum atomic E-state index is -0.864. The van der Waals surface area contributed by atoms with Gasteiger partial charge in [0.25, 0.3) is 0 Å². The lowest BCUT2D eigenvalue weighted by Crippen LogP contribution is -2.40. The van der Waals surface area contributed by atoms with Crippen LogP contribution in [0.25, 0.3) is 10.9 Å². The van der Waals surface area contributed by atoms with Crippen molar-refractivity contribution < 1.29 is 19.1 Å². The van der Waals surface area contributed by atoms with Crippen molar-refractivity contribution in [1.82, 2.24) is 4.57 Å². The molecule has 1 aromatic carbocycles. The van der Waals surface area contributed by atoms with Crippen LogP contribution in [-0.4, -0.2) is 22.5 Å². The quantitative estimate of drug-likeness (QED) is 0.490. The van der Waals surface area contributed by atoms with Crippen molar-refractivity contribution in [3.05, 3.63) is 29.5 Å². The Balaban J connectivity index is 2.36. The van der Waals surface area contributed by atoms with E-state index >= 15 is 0 Å². The molecule has 2 amide bonds. The first-order chi connectivity index (χ1) is 12.8. The monoisotopic (exact) mass is 371 g/mol. The fourth-order valence-electron chi connectivity index (χ4n) is 4.23. The van der Waals surface area contributed by atoms with Gasteiger partial charge in [0.1, 0.15) is 5.52 Å². The zero-order valence-electron chi connectivity index (χ0n) is 15.7. The maximum Gasteiger partial charge on any atom is 0.323 e. The van der Waals surface area contributed by atoms with Gasteiger partial charge in [0, 0.05) is 18.5 Å². The maximum absolute atomic E-state index is 12.6. The number of carbonyl (C=O) groups excluding carboxylic acids is 3. The van der Waals surface area contributed by atoms with Crippen molar-refractivity contribution in [3.8, 4) is 5.75 Å². The third kappa shape index (κ3) is 3.29. The van der Waals surface area contributed by atoms with Gasteiger partial charge in [-0.05, 0) is 43.0 Å². The van der Waals surface area contributed by atoms with Crippen molar-refractivity contribution in [1.29, 1.82) is 0 Å². The summed E-state index contributed by atoms with van der Waals surface area (Å²) in [5, 5.41) is 0.672. The lowest BCUT2D eigenvalue weighted by Gasteiger charge is -2.29. The van der Waals surface area contributed by atoms with Crippen molar-refractivity contribution in [3.63, 3.8) is 0 Å². The highest BCUT2D eigenvalue weighted by Gasteiger charge is 2.41. The molecule has 1 fully saturated rings. The van der Waals surface area contributed by atoms with Crippen LogP contribution in [0.1, 0.15) is 56.6 Å². The van der Waals surface area contributed by atoms with Crippen LogP contribution in [0.4, 0.5) is 4.79 Å². The number of aromatic nitrogens is 1. The molecule has 7 nitrogen and oxygen atoms in total. The second kappa shape index (κ2) is 7.06. The van der Waals surface area contributed by atoms with E-state index in [1.807, 2.05) is 13.0 Å². The molecule has 0 spiro atoms.